The zero-order valence-corrected chi connectivity index (χ0v) is 5.12. The standard InChI is InChI=1S/C5H8O4/c1-2-9-5(7)3-8-4-6/h4H,2-3H2,1H3. The smallest absolute Gasteiger partial charge is 0.344 e. The molecule has 9 heavy (non-hydrogen) atoms. The molecule has 0 atom stereocenters. The van der Waals surface area contributed by atoms with E-state index in [1.165, 1.54) is 0 Å². The van der Waals surface area contributed by atoms with Gasteiger partial charge < -0.3 is 9.47 Å². The normalized spacial score (nSPS) is 8.11. The molecule has 0 amide bonds. The van der Waals surface area contributed by atoms with Crippen molar-refractivity contribution in [1.82, 2.24) is 0 Å². The third-order valence-electron chi connectivity index (χ3n) is 0.575. The van der Waals surface area contributed by atoms with Gasteiger partial charge in [0.25, 0.3) is 6.47 Å². The summed E-state index contributed by atoms with van der Waals surface area (Å²) < 4.78 is 8.51. The maximum atomic E-state index is 10.3. The molecule has 0 spiro atoms. The lowest BCUT2D eigenvalue weighted by Gasteiger charge is -1.97. The molecule has 0 aromatic carbocycles. The van der Waals surface area contributed by atoms with Crippen LogP contribution in [0, 0.1) is 0 Å². The number of carbonyl (C=O) groups is 2. The lowest BCUT2D eigenvalue weighted by Crippen LogP contribution is -2.11. The Kier molecular flexibility index (Phi) is 4.49. The van der Waals surface area contributed by atoms with Gasteiger partial charge in [0.15, 0.2) is 6.61 Å². The topological polar surface area (TPSA) is 52.6 Å². The summed E-state index contributed by atoms with van der Waals surface area (Å²) in [7, 11) is 0. The molecular weight excluding hydrogens is 124 g/mol. The molecule has 0 aliphatic rings. The van der Waals surface area contributed by atoms with Gasteiger partial charge in [-0.3, -0.25) is 4.79 Å². The average molecular weight is 132 g/mol. The summed E-state index contributed by atoms with van der Waals surface area (Å²) in [5.74, 6) is -0.524. The van der Waals surface area contributed by atoms with E-state index in [0.29, 0.717) is 6.61 Å². The van der Waals surface area contributed by atoms with Crippen LogP contribution in [0.5, 0.6) is 0 Å². The van der Waals surface area contributed by atoms with Gasteiger partial charge in [-0.05, 0) is 6.92 Å². The maximum Gasteiger partial charge on any atom is 0.344 e. The molecule has 0 rings (SSSR count). The van der Waals surface area contributed by atoms with Crippen molar-refractivity contribution in [2.75, 3.05) is 13.2 Å². The van der Waals surface area contributed by atoms with Crippen molar-refractivity contribution in [2.45, 2.75) is 6.92 Å². The van der Waals surface area contributed by atoms with Crippen molar-refractivity contribution >= 4 is 12.4 Å². The first kappa shape index (κ1) is 7.94. The highest BCUT2D eigenvalue weighted by Crippen LogP contribution is 1.76. The van der Waals surface area contributed by atoms with Gasteiger partial charge in [-0.15, -0.1) is 0 Å². The van der Waals surface area contributed by atoms with Crippen LogP contribution in [-0.2, 0) is 19.1 Å². The van der Waals surface area contributed by atoms with Crippen molar-refractivity contribution in [3.8, 4) is 0 Å². The fraction of sp³-hybridized carbons (Fsp3) is 0.600. The van der Waals surface area contributed by atoms with Gasteiger partial charge in [0.2, 0.25) is 0 Å². The van der Waals surface area contributed by atoms with Crippen molar-refractivity contribution < 1.29 is 19.1 Å². The van der Waals surface area contributed by atoms with Crippen molar-refractivity contribution in [3.05, 3.63) is 0 Å². The van der Waals surface area contributed by atoms with E-state index in [-0.39, 0.29) is 13.1 Å². The molecule has 0 unspecified atom stereocenters. The number of carbonyl (C=O) groups excluding carboxylic acids is 2. The quantitative estimate of drug-likeness (QED) is 0.390. The molecule has 52 valence electrons. The van der Waals surface area contributed by atoms with Crippen LogP contribution in [0.2, 0.25) is 0 Å². The van der Waals surface area contributed by atoms with Crippen molar-refractivity contribution in [3.63, 3.8) is 0 Å². The third-order valence-corrected chi connectivity index (χ3v) is 0.575. The predicted molar refractivity (Wildman–Crippen MR) is 28.6 cm³/mol. The summed E-state index contributed by atoms with van der Waals surface area (Å²) in [5.41, 5.74) is 0. The Morgan fingerprint density at radius 2 is 2.33 bits per heavy atom. The second-order valence-electron chi connectivity index (χ2n) is 1.21. The van der Waals surface area contributed by atoms with Gasteiger partial charge in [0, 0.05) is 0 Å². The van der Waals surface area contributed by atoms with E-state index in [1.807, 2.05) is 0 Å². The SMILES string of the molecule is CCOC(=O)COC=O. The molecule has 0 radical (unpaired) electrons. The number of esters is 1. The lowest BCUT2D eigenvalue weighted by atomic mass is 10.7. The molecular formula is C5H8O4. The average Bonchev–Trinajstić information content (AvgIpc) is 1.85. The van der Waals surface area contributed by atoms with Crippen LogP contribution in [0.15, 0.2) is 0 Å². The number of rotatable bonds is 4. The van der Waals surface area contributed by atoms with Gasteiger partial charge in [-0.2, -0.15) is 0 Å². The van der Waals surface area contributed by atoms with Gasteiger partial charge in [0.05, 0.1) is 6.61 Å². The van der Waals surface area contributed by atoms with Gasteiger partial charge in [0.1, 0.15) is 0 Å². The van der Waals surface area contributed by atoms with Crippen molar-refractivity contribution in [1.29, 1.82) is 0 Å². The second-order valence-corrected chi connectivity index (χ2v) is 1.21. The molecule has 0 saturated heterocycles. The van der Waals surface area contributed by atoms with E-state index in [1.54, 1.807) is 6.92 Å². The summed E-state index contributed by atoms with van der Waals surface area (Å²) in [6.07, 6.45) is 0. The summed E-state index contributed by atoms with van der Waals surface area (Å²) in [4.78, 5) is 19.8. The fourth-order valence-corrected chi connectivity index (χ4v) is 0.305. The van der Waals surface area contributed by atoms with Gasteiger partial charge in [-0.25, -0.2) is 4.79 Å². The molecule has 4 nitrogen and oxygen atoms in total. The predicted octanol–water partition coefficient (Wildman–Crippen LogP) is -0.278. The molecule has 0 aromatic rings. The van der Waals surface area contributed by atoms with Crippen LogP contribution in [-0.4, -0.2) is 25.7 Å². The molecule has 0 bridgehead atoms. The highest BCUT2D eigenvalue weighted by molar-refractivity contribution is 5.71. The van der Waals surface area contributed by atoms with Crippen LogP contribution in [0.4, 0.5) is 0 Å². The minimum Gasteiger partial charge on any atom is -0.463 e. The van der Waals surface area contributed by atoms with E-state index < -0.39 is 5.97 Å². The van der Waals surface area contributed by atoms with E-state index >= 15 is 0 Å². The fourth-order valence-electron chi connectivity index (χ4n) is 0.305. The summed E-state index contributed by atoms with van der Waals surface area (Å²) in [6, 6.07) is 0. The first-order valence-corrected chi connectivity index (χ1v) is 2.52. The lowest BCUT2D eigenvalue weighted by molar-refractivity contribution is -0.152. The monoisotopic (exact) mass is 132 g/mol. The van der Waals surface area contributed by atoms with Crippen LogP contribution in [0.25, 0.3) is 0 Å². The molecule has 0 aromatic heterocycles. The minimum absolute atomic E-state index is 0.205. The van der Waals surface area contributed by atoms with Gasteiger partial charge >= 0.3 is 5.97 Å². The van der Waals surface area contributed by atoms with E-state index in [2.05, 4.69) is 9.47 Å². The summed E-state index contributed by atoms with van der Waals surface area (Å²) >= 11 is 0. The molecule has 0 N–H and O–H groups in total. The highest BCUT2D eigenvalue weighted by Gasteiger charge is 1.98. The Morgan fingerprint density at radius 1 is 1.67 bits per heavy atom. The van der Waals surface area contributed by atoms with Crippen LogP contribution in [0.1, 0.15) is 6.92 Å². The first-order chi connectivity index (χ1) is 4.31. The Hall–Kier alpha value is -1.06. The Morgan fingerprint density at radius 3 is 2.78 bits per heavy atom. The van der Waals surface area contributed by atoms with Crippen LogP contribution < -0.4 is 0 Å². The zero-order valence-electron chi connectivity index (χ0n) is 5.12. The minimum atomic E-state index is -0.524. The molecule has 4 heteroatoms. The molecule has 0 fully saturated rings. The highest BCUT2D eigenvalue weighted by atomic mass is 16.6. The Bertz CT molecular complexity index is 99.1. The molecule has 0 heterocycles. The number of hydrogen-bond acceptors (Lipinski definition) is 4. The van der Waals surface area contributed by atoms with E-state index in [9.17, 15) is 9.59 Å². The molecule has 0 aliphatic carbocycles. The Labute approximate surface area is 52.7 Å². The largest absolute Gasteiger partial charge is 0.463 e. The zero-order chi connectivity index (χ0) is 7.11. The van der Waals surface area contributed by atoms with Crippen LogP contribution in [0.3, 0.4) is 0 Å². The van der Waals surface area contributed by atoms with Gasteiger partial charge in [-0.1, -0.05) is 0 Å². The first-order valence-electron chi connectivity index (χ1n) is 2.52. The Balaban J connectivity index is 3.16. The third kappa shape index (κ3) is 4.80. The van der Waals surface area contributed by atoms with E-state index in [4.69, 9.17) is 0 Å². The molecule has 0 saturated carbocycles. The van der Waals surface area contributed by atoms with Crippen molar-refractivity contribution in [2.24, 2.45) is 0 Å². The van der Waals surface area contributed by atoms with Crippen LogP contribution >= 0.6 is 0 Å². The summed E-state index contributed by atoms with van der Waals surface area (Å²) in [5, 5.41) is 0. The second kappa shape index (κ2) is 5.08. The number of ether oxygens (including phenoxy) is 2. The molecule has 0 aliphatic heterocycles. The maximum absolute atomic E-state index is 10.3. The number of hydrogen-bond donors (Lipinski definition) is 0. The van der Waals surface area contributed by atoms with E-state index in [0.717, 1.165) is 0 Å². The summed E-state index contributed by atoms with van der Waals surface area (Å²) in [6.45, 7) is 1.90.